The lowest BCUT2D eigenvalue weighted by molar-refractivity contribution is 0.458. The van der Waals surface area contributed by atoms with E-state index in [4.69, 9.17) is 0 Å². The Morgan fingerprint density at radius 2 is 1.29 bits per heavy atom. The largest absolute Gasteiger partial charge is 0.314 e. The van der Waals surface area contributed by atoms with Crippen LogP contribution in [0.1, 0.15) is 51.3 Å². The fourth-order valence-electron chi connectivity index (χ4n) is 5.61. The number of aryl methyl sites for hydroxylation is 2. The fraction of sp³-hybridized carbons (Fsp3) is 0.379. The van der Waals surface area contributed by atoms with Crippen LogP contribution in [0, 0.1) is 13.8 Å². The summed E-state index contributed by atoms with van der Waals surface area (Å²) in [5.74, 6) is 0. The van der Waals surface area contributed by atoms with E-state index in [1.807, 2.05) is 6.66 Å². The minimum Gasteiger partial charge on any atom is -0.314 e. The first-order chi connectivity index (χ1) is 16.3. The smallest absolute Gasteiger partial charge is 0.211 e. The lowest BCUT2D eigenvalue weighted by atomic mass is 9.87. The summed E-state index contributed by atoms with van der Waals surface area (Å²) in [5, 5.41) is 3.42. The van der Waals surface area contributed by atoms with Crippen LogP contribution in [-0.2, 0) is 14.5 Å². The Labute approximate surface area is 210 Å². The van der Waals surface area contributed by atoms with Crippen molar-refractivity contribution in [1.29, 1.82) is 0 Å². The van der Waals surface area contributed by atoms with Crippen molar-refractivity contribution in [2.24, 2.45) is 0 Å². The van der Waals surface area contributed by atoms with E-state index in [0.717, 1.165) is 55.0 Å². The summed E-state index contributed by atoms with van der Waals surface area (Å²) < 4.78 is 32.3. The summed E-state index contributed by atoms with van der Waals surface area (Å²) in [6, 6.07) is 16.8. The Morgan fingerprint density at radius 3 is 1.83 bits per heavy atom. The molecule has 0 saturated carbocycles. The van der Waals surface area contributed by atoms with Gasteiger partial charge in [0.25, 0.3) is 0 Å². The van der Waals surface area contributed by atoms with E-state index >= 15 is 4.57 Å². The molecule has 184 valence electrons. The van der Waals surface area contributed by atoms with E-state index in [1.54, 1.807) is 0 Å². The van der Waals surface area contributed by atoms with Gasteiger partial charge in [-0.05, 0) is 67.9 Å². The van der Waals surface area contributed by atoms with Crippen molar-refractivity contribution >= 4 is 52.7 Å². The zero-order valence-electron chi connectivity index (χ0n) is 22.1. The molecule has 0 aromatic heterocycles. The van der Waals surface area contributed by atoms with Crippen LogP contribution in [0.25, 0.3) is 0 Å². The van der Waals surface area contributed by atoms with Gasteiger partial charge < -0.3 is 9.46 Å². The quantitative estimate of drug-likeness (QED) is 0.396. The molecule has 0 amide bonds. The summed E-state index contributed by atoms with van der Waals surface area (Å²) in [4.78, 5) is 2.24. The minimum atomic E-state index is -3.18. The van der Waals surface area contributed by atoms with Gasteiger partial charge in [-0.2, -0.15) is 0 Å². The summed E-state index contributed by atoms with van der Waals surface area (Å²) in [6.07, 6.45) is 0. The zero-order valence-corrected chi connectivity index (χ0v) is 23.9. The highest BCUT2D eigenvalue weighted by molar-refractivity contribution is 7.80. The second-order valence-electron chi connectivity index (χ2n) is 11.1. The minimum absolute atomic E-state index is 0.176. The van der Waals surface area contributed by atoms with Gasteiger partial charge in [-0.25, -0.2) is 4.67 Å². The van der Waals surface area contributed by atoms with Gasteiger partial charge in [0.2, 0.25) is 7.29 Å². The third-order valence-electron chi connectivity index (χ3n) is 7.60. The third kappa shape index (κ3) is 3.37. The van der Waals surface area contributed by atoms with Gasteiger partial charge in [0, 0.05) is 23.7 Å². The van der Waals surface area contributed by atoms with Gasteiger partial charge in [-0.1, -0.05) is 57.9 Å². The number of hydrogen-bond acceptors (Lipinski definition) is 3. The van der Waals surface area contributed by atoms with Crippen molar-refractivity contribution in [3.05, 3.63) is 65.2 Å². The molecule has 4 nitrogen and oxygen atoms in total. The van der Waals surface area contributed by atoms with Gasteiger partial charge in [-0.15, -0.1) is 0 Å². The predicted molar refractivity (Wildman–Crippen MR) is 152 cm³/mol. The van der Waals surface area contributed by atoms with E-state index in [0.29, 0.717) is 13.1 Å². The van der Waals surface area contributed by atoms with Crippen molar-refractivity contribution in [3.63, 3.8) is 0 Å². The van der Waals surface area contributed by atoms with Crippen molar-refractivity contribution in [1.82, 2.24) is 4.67 Å². The van der Waals surface area contributed by atoms with Crippen LogP contribution in [0.15, 0.2) is 48.5 Å². The summed E-state index contributed by atoms with van der Waals surface area (Å²) in [7, 11) is -6.12. The first-order valence-electron chi connectivity index (χ1n) is 12.5. The van der Waals surface area contributed by atoms with E-state index in [2.05, 4.69) is 107 Å². The van der Waals surface area contributed by atoms with E-state index in [-0.39, 0.29) is 5.41 Å². The van der Waals surface area contributed by atoms with Crippen molar-refractivity contribution in [3.8, 4) is 0 Å². The Kier molecular flexibility index (Phi) is 5.57. The van der Waals surface area contributed by atoms with Gasteiger partial charge in [0.15, 0.2) is 0 Å². The highest BCUT2D eigenvalue weighted by atomic mass is 31.2. The van der Waals surface area contributed by atoms with Crippen molar-refractivity contribution < 1.29 is 9.13 Å². The lowest BCUT2D eigenvalue weighted by Crippen LogP contribution is -2.46. The lowest BCUT2D eigenvalue weighted by Gasteiger charge is -2.46. The molecule has 2 aliphatic heterocycles. The van der Waals surface area contributed by atoms with Crippen LogP contribution in [0.3, 0.4) is 0 Å². The first-order valence-corrected chi connectivity index (χ1v) is 16.3. The fourth-order valence-corrected chi connectivity index (χ4v) is 11.4. The molecule has 0 aliphatic carbocycles. The SMILES string of the molecule is CCN(CC)P1(=O)c2cc(C)ccc2N2c3ccc(C)cc3P(C)(=O)c3cc(C(C)(C)C)cc1c32. The Morgan fingerprint density at radius 1 is 0.771 bits per heavy atom. The number of anilines is 3. The zero-order chi connectivity index (χ0) is 25.5. The maximum atomic E-state index is 15.5. The third-order valence-corrected chi connectivity index (χ3v) is 13.5. The molecule has 2 heterocycles. The maximum absolute atomic E-state index is 15.5. The molecule has 35 heavy (non-hydrogen) atoms. The summed E-state index contributed by atoms with van der Waals surface area (Å²) in [5.41, 5.74) is 5.83. The molecule has 6 heteroatoms. The Balaban J connectivity index is 2.02. The molecule has 0 bridgehead atoms. The van der Waals surface area contributed by atoms with Crippen molar-refractivity contribution in [2.45, 2.75) is 53.9 Å². The average Bonchev–Trinajstić information content (AvgIpc) is 2.79. The van der Waals surface area contributed by atoms with Crippen molar-refractivity contribution in [2.75, 3.05) is 24.7 Å². The highest BCUT2D eigenvalue weighted by Gasteiger charge is 2.49. The molecule has 3 aromatic rings. The van der Waals surface area contributed by atoms with Crippen LogP contribution in [-0.4, -0.2) is 24.4 Å². The molecular weight excluding hydrogens is 470 g/mol. The van der Waals surface area contributed by atoms with Crippen LogP contribution in [0.2, 0.25) is 0 Å². The molecule has 0 radical (unpaired) electrons. The highest BCUT2D eigenvalue weighted by Crippen LogP contribution is 2.61. The molecule has 2 atom stereocenters. The number of nitrogens with zero attached hydrogens (tertiary/aromatic N) is 2. The summed E-state index contributed by atoms with van der Waals surface area (Å²) >= 11 is 0. The number of rotatable bonds is 3. The first kappa shape index (κ1) is 24.6. The van der Waals surface area contributed by atoms with Gasteiger partial charge >= 0.3 is 0 Å². The number of hydrogen-bond donors (Lipinski definition) is 0. The second-order valence-corrected chi connectivity index (χ2v) is 16.6. The number of benzene rings is 3. The van der Waals surface area contributed by atoms with Crippen LogP contribution < -0.4 is 26.1 Å². The predicted octanol–water partition coefficient (Wildman–Crippen LogP) is 6.21. The normalized spacial score (nSPS) is 22.6. The average molecular weight is 507 g/mol. The van der Waals surface area contributed by atoms with E-state index in [1.165, 1.54) is 0 Å². The molecule has 2 unspecified atom stereocenters. The summed E-state index contributed by atoms with van der Waals surface area (Å²) in [6.45, 7) is 18.0. The molecule has 0 saturated heterocycles. The monoisotopic (exact) mass is 506 g/mol. The second kappa shape index (κ2) is 7.94. The van der Waals surface area contributed by atoms with Crippen LogP contribution >= 0.6 is 14.4 Å². The Bertz CT molecular complexity index is 1460. The maximum Gasteiger partial charge on any atom is 0.211 e. The van der Waals surface area contributed by atoms with Crippen LogP contribution in [0.4, 0.5) is 17.1 Å². The molecular formula is C29H36N2O2P2. The number of fused-ring (bicyclic) bond motifs is 4. The van der Waals surface area contributed by atoms with Gasteiger partial charge in [0.1, 0.15) is 7.14 Å². The topological polar surface area (TPSA) is 40.6 Å². The molecule has 0 spiro atoms. The molecule has 0 fully saturated rings. The molecule has 3 aromatic carbocycles. The molecule has 0 N–H and O–H groups in total. The Hall–Kier alpha value is -2.12. The van der Waals surface area contributed by atoms with Gasteiger partial charge in [0.05, 0.1) is 27.7 Å². The van der Waals surface area contributed by atoms with E-state index < -0.39 is 14.4 Å². The molecule has 5 rings (SSSR count). The molecule has 2 aliphatic rings. The van der Waals surface area contributed by atoms with Gasteiger partial charge in [-0.3, -0.25) is 4.57 Å². The van der Waals surface area contributed by atoms with E-state index in [9.17, 15) is 4.57 Å². The standard InChI is InChI=1S/C29H36N2O2P2/c1-9-30(10-2)35(33)25-16-20(4)12-14-23(25)31-22-13-11-19(3)15-24(22)34(8,32)26-17-21(29(5,6)7)18-27(35)28(26)31/h11-18H,9-10H2,1-8H3. The van der Waals surface area contributed by atoms with Crippen LogP contribution in [0.5, 0.6) is 0 Å².